The number of anilines is 1. The van der Waals surface area contributed by atoms with Crippen molar-refractivity contribution in [1.29, 1.82) is 0 Å². The summed E-state index contributed by atoms with van der Waals surface area (Å²) < 4.78 is 7.85. The largest absolute Gasteiger partial charge is 0.491 e. The Bertz CT molecular complexity index is 567. The molecule has 1 unspecified atom stereocenters. The first-order chi connectivity index (χ1) is 9.67. The van der Waals surface area contributed by atoms with E-state index in [2.05, 4.69) is 35.7 Å². The van der Waals surface area contributed by atoms with Gasteiger partial charge in [0.25, 0.3) is 0 Å². The Morgan fingerprint density at radius 2 is 2.25 bits per heavy atom. The molecule has 2 N–H and O–H groups in total. The van der Waals surface area contributed by atoms with Gasteiger partial charge in [0, 0.05) is 6.54 Å². The maximum absolute atomic E-state index is 6.08. The molecule has 1 atom stereocenters. The van der Waals surface area contributed by atoms with E-state index in [-0.39, 0.29) is 0 Å². The number of nitrogens with two attached hydrogens (primary N) is 1. The SMILES string of the molecule is CCCOc1cccc2c1nc(N)n2CC(C)CSC. The zero-order chi connectivity index (χ0) is 14.5. The number of thioether (sulfide) groups is 1. The van der Waals surface area contributed by atoms with Gasteiger partial charge in [-0.1, -0.05) is 19.9 Å². The topological polar surface area (TPSA) is 53.1 Å². The number of nitrogens with zero attached hydrogens (tertiary/aromatic N) is 2. The number of aromatic nitrogens is 2. The quantitative estimate of drug-likeness (QED) is 0.850. The zero-order valence-electron chi connectivity index (χ0n) is 12.4. The number of hydrogen-bond donors (Lipinski definition) is 1. The van der Waals surface area contributed by atoms with E-state index >= 15 is 0 Å². The van der Waals surface area contributed by atoms with Crippen LogP contribution in [-0.4, -0.2) is 28.2 Å². The van der Waals surface area contributed by atoms with Crippen LogP contribution in [0, 0.1) is 5.92 Å². The number of hydrogen-bond acceptors (Lipinski definition) is 4. The summed E-state index contributed by atoms with van der Waals surface area (Å²) in [6.07, 6.45) is 3.11. The first kappa shape index (κ1) is 15.0. The highest BCUT2D eigenvalue weighted by molar-refractivity contribution is 7.98. The maximum atomic E-state index is 6.08. The van der Waals surface area contributed by atoms with Crippen molar-refractivity contribution in [3.8, 4) is 5.75 Å². The molecule has 0 aliphatic rings. The molecule has 1 heterocycles. The maximum Gasteiger partial charge on any atom is 0.201 e. The third kappa shape index (κ3) is 3.20. The lowest BCUT2D eigenvalue weighted by Gasteiger charge is -2.13. The zero-order valence-corrected chi connectivity index (χ0v) is 13.2. The molecule has 0 amide bonds. The van der Waals surface area contributed by atoms with Crippen molar-refractivity contribution in [2.24, 2.45) is 5.92 Å². The molecule has 110 valence electrons. The van der Waals surface area contributed by atoms with Gasteiger partial charge in [-0.2, -0.15) is 11.8 Å². The van der Waals surface area contributed by atoms with Crippen molar-refractivity contribution in [3.05, 3.63) is 18.2 Å². The molecule has 0 radical (unpaired) electrons. The van der Waals surface area contributed by atoms with Crippen LogP contribution in [0.3, 0.4) is 0 Å². The molecule has 1 aromatic heterocycles. The number of nitrogen functional groups attached to an aromatic ring is 1. The summed E-state index contributed by atoms with van der Waals surface area (Å²) in [5, 5.41) is 0. The van der Waals surface area contributed by atoms with Gasteiger partial charge in [0.1, 0.15) is 11.3 Å². The lowest BCUT2D eigenvalue weighted by molar-refractivity contribution is 0.320. The van der Waals surface area contributed by atoms with Crippen LogP contribution in [0.25, 0.3) is 11.0 Å². The minimum absolute atomic E-state index is 0.560. The first-order valence-electron chi connectivity index (χ1n) is 7.03. The number of imidazole rings is 1. The molecule has 0 aliphatic carbocycles. The average molecular weight is 293 g/mol. The lowest BCUT2D eigenvalue weighted by Crippen LogP contribution is -2.12. The minimum Gasteiger partial charge on any atom is -0.491 e. The molecule has 2 rings (SSSR count). The molecule has 5 heteroatoms. The third-order valence-corrected chi connectivity index (χ3v) is 4.08. The van der Waals surface area contributed by atoms with Crippen molar-refractivity contribution in [1.82, 2.24) is 9.55 Å². The normalized spacial score (nSPS) is 12.8. The second kappa shape index (κ2) is 6.88. The van der Waals surface area contributed by atoms with E-state index < -0.39 is 0 Å². The molecule has 0 bridgehead atoms. The van der Waals surface area contributed by atoms with Crippen LogP contribution < -0.4 is 10.5 Å². The molecule has 0 aliphatic heterocycles. The highest BCUT2D eigenvalue weighted by Gasteiger charge is 2.14. The van der Waals surface area contributed by atoms with Crippen LogP contribution in [0.4, 0.5) is 5.95 Å². The van der Waals surface area contributed by atoms with Gasteiger partial charge in [0.05, 0.1) is 12.1 Å². The van der Waals surface area contributed by atoms with Crippen LogP contribution in [-0.2, 0) is 6.54 Å². The lowest BCUT2D eigenvalue weighted by atomic mass is 10.2. The fraction of sp³-hybridized carbons (Fsp3) is 0.533. The van der Waals surface area contributed by atoms with E-state index in [1.54, 1.807) is 0 Å². The van der Waals surface area contributed by atoms with Crippen LogP contribution in [0.15, 0.2) is 18.2 Å². The molecule has 0 saturated carbocycles. The molecule has 0 saturated heterocycles. The first-order valence-corrected chi connectivity index (χ1v) is 8.43. The highest BCUT2D eigenvalue weighted by Crippen LogP contribution is 2.28. The number of para-hydroxylation sites is 1. The molecule has 2 aromatic rings. The summed E-state index contributed by atoms with van der Waals surface area (Å²) in [6, 6.07) is 6.02. The summed E-state index contributed by atoms with van der Waals surface area (Å²) in [7, 11) is 0. The predicted molar refractivity (Wildman–Crippen MR) is 87.5 cm³/mol. The molecular formula is C15H23N3OS. The van der Waals surface area contributed by atoms with E-state index in [4.69, 9.17) is 10.5 Å². The minimum atomic E-state index is 0.560. The number of ether oxygens (including phenoxy) is 1. The van der Waals surface area contributed by atoms with Gasteiger partial charge in [-0.25, -0.2) is 4.98 Å². The van der Waals surface area contributed by atoms with Crippen molar-refractivity contribution in [2.75, 3.05) is 24.3 Å². The van der Waals surface area contributed by atoms with Crippen molar-refractivity contribution < 1.29 is 4.74 Å². The Labute approximate surface area is 124 Å². The van der Waals surface area contributed by atoms with Crippen molar-refractivity contribution >= 4 is 28.7 Å². The standard InChI is InChI=1S/C15H23N3OS/c1-4-8-19-13-7-5-6-12-14(13)17-15(16)18(12)9-11(2)10-20-3/h5-7,11H,4,8-10H2,1-3H3,(H2,16,17). The Balaban J connectivity index is 2.33. The number of fused-ring (bicyclic) bond motifs is 1. The average Bonchev–Trinajstić information content (AvgIpc) is 2.74. The van der Waals surface area contributed by atoms with E-state index in [0.717, 1.165) is 35.5 Å². The Hall–Kier alpha value is -1.36. The van der Waals surface area contributed by atoms with Gasteiger partial charge >= 0.3 is 0 Å². The molecule has 20 heavy (non-hydrogen) atoms. The summed E-state index contributed by atoms with van der Waals surface area (Å²) >= 11 is 1.86. The number of rotatable bonds is 7. The van der Waals surface area contributed by atoms with Gasteiger partial charge in [-0.3, -0.25) is 0 Å². The van der Waals surface area contributed by atoms with E-state index in [9.17, 15) is 0 Å². The summed E-state index contributed by atoms with van der Waals surface area (Å²) in [5.41, 5.74) is 8.01. The third-order valence-electron chi connectivity index (χ3n) is 3.18. The molecular weight excluding hydrogens is 270 g/mol. The van der Waals surface area contributed by atoms with Crippen molar-refractivity contribution in [3.63, 3.8) is 0 Å². The molecule has 0 spiro atoms. The van der Waals surface area contributed by atoms with Crippen LogP contribution in [0.1, 0.15) is 20.3 Å². The van der Waals surface area contributed by atoms with Crippen LogP contribution in [0.5, 0.6) is 5.75 Å². The predicted octanol–water partition coefficient (Wildman–Crippen LogP) is 3.41. The van der Waals surface area contributed by atoms with Gasteiger partial charge in [0.15, 0.2) is 0 Å². The van der Waals surface area contributed by atoms with E-state index in [1.807, 2.05) is 23.9 Å². The summed E-state index contributed by atoms with van der Waals surface area (Å²) in [5.74, 6) is 3.07. The summed E-state index contributed by atoms with van der Waals surface area (Å²) in [4.78, 5) is 4.49. The van der Waals surface area contributed by atoms with Crippen molar-refractivity contribution in [2.45, 2.75) is 26.8 Å². The van der Waals surface area contributed by atoms with E-state index in [1.165, 1.54) is 0 Å². The Morgan fingerprint density at radius 3 is 2.95 bits per heavy atom. The monoisotopic (exact) mass is 293 g/mol. The molecule has 0 fully saturated rings. The molecule has 4 nitrogen and oxygen atoms in total. The van der Waals surface area contributed by atoms with Gasteiger partial charge in [-0.15, -0.1) is 0 Å². The Kier molecular flexibility index (Phi) is 5.17. The van der Waals surface area contributed by atoms with Gasteiger partial charge in [-0.05, 0) is 36.5 Å². The van der Waals surface area contributed by atoms with E-state index in [0.29, 0.717) is 18.5 Å². The second-order valence-corrected chi connectivity index (χ2v) is 6.02. The fourth-order valence-electron chi connectivity index (χ4n) is 2.31. The van der Waals surface area contributed by atoms with Gasteiger partial charge in [0.2, 0.25) is 5.95 Å². The smallest absolute Gasteiger partial charge is 0.201 e. The van der Waals surface area contributed by atoms with Crippen LogP contribution >= 0.6 is 11.8 Å². The van der Waals surface area contributed by atoms with Crippen LogP contribution in [0.2, 0.25) is 0 Å². The second-order valence-electron chi connectivity index (χ2n) is 5.11. The summed E-state index contributed by atoms with van der Waals surface area (Å²) in [6.45, 7) is 5.92. The molecule has 1 aromatic carbocycles. The fourth-order valence-corrected chi connectivity index (χ4v) is 2.98. The number of benzene rings is 1. The Morgan fingerprint density at radius 1 is 1.45 bits per heavy atom. The highest BCUT2D eigenvalue weighted by atomic mass is 32.2. The van der Waals surface area contributed by atoms with Gasteiger partial charge < -0.3 is 15.0 Å².